The van der Waals surface area contributed by atoms with Crippen LogP contribution < -0.4 is 5.11 Å². The minimum absolute atomic E-state index is 0.310. The van der Waals surface area contributed by atoms with E-state index >= 15 is 0 Å². The van der Waals surface area contributed by atoms with Crippen LogP contribution in [0.25, 0.3) is 22.3 Å². The third-order valence-electron chi connectivity index (χ3n) is 3.35. The monoisotopic (exact) mass is 379 g/mol. The van der Waals surface area contributed by atoms with Gasteiger partial charge in [0.15, 0.2) is 0 Å². The zero-order valence-electron chi connectivity index (χ0n) is 9.77. The summed E-state index contributed by atoms with van der Waals surface area (Å²) >= 11 is 6.54. The van der Waals surface area contributed by atoms with Gasteiger partial charge in [-0.05, 0) is 33.9 Å². The quantitative estimate of drug-likeness (QED) is 0.654. The van der Waals surface area contributed by atoms with E-state index < -0.39 is 10.8 Å². The fraction of sp³-hybridized carbons (Fsp3) is 0.133. The first-order chi connectivity index (χ1) is 9.09. The molecule has 0 amide bonds. The summed E-state index contributed by atoms with van der Waals surface area (Å²) in [6.07, 6.45) is 0. The molecule has 0 heterocycles. The van der Waals surface area contributed by atoms with Crippen molar-refractivity contribution in [3.8, 4) is 22.3 Å². The average Bonchev–Trinajstić information content (AvgIpc) is 2.42. The maximum absolute atomic E-state index is 10.9. The second kappa shape index (κ2) is 4.76. The van der Waals surface area contributed by atoms with Crippen LogP contribution in [0.3, 0.4) is 0 Å². The third kappa shape index (κ3) is 2.03. The van der Waals surface area contributed by atoms with Gasteiger partial charge in [-0.2, -0.15) is 0 Å². The van der Waals surface area contributed by atoms with Gasteiger partial charge in [0.2, 0.25) is 0 Å². The first-order valence-corrected chi connectivity index (χ1v) is 7.65. The second-order valence-corrected chi connectivity index (χ2v) is 6.45. The highest BCUT2D eigenvalue weighted by atomic mass is 79.9. The molecule has 3 rings (SSSR count). The predicted octanol–water partition coefficient (Wildman–Crippen LogP) is 3.28. The lowest BCUT2D eigenvalue weighted by Crippen LogP contribution is -2.34. The van der Waals surface area contributed by atoms with Crippen molar-refractivity contribution in [1.29, 1.82) is 0 Å². The molecule has 1 aliphatic rings. The Balaban J connectivity index is 1.96. The molecule has 0 N–H and O–H groups in total. The molecular formula is C15H9Br2O2-. The molecule has 96 valence electrons. The SMILES string of the molecule is O=C([O-])C(Br)C(Br)c1ccc2c(c1)-c1ccccc1-2. The second-order valence-electron chi connectivity index (χ2n) is 4.47. The molecule has 2 aromatic rings. The lowest BCUT2D eigenvalue weighted by molar-refractivity contribution is -0.304. The van der Waals surface area contributed by atoms with Crippen LogP contribution in [0.1, 0.15) is 10.4 Å². The maximum atomic E-state index is 10.9. The largest absolute Gasteiger partial charge is 0.549 e. The number of carbonyl (C=O) groups is 1. The standard InChI is InChI=1S/C15H10Br2O2/c16-13(14(17)15(18)19)8-5-6-11-9-3-1-2-4-10(9)12(11)7-8/h1-7,13-14H,(H,18,19)/p-1. The van der Waals surface area contributed by atoms with E-state index in [-0.39, 0.29) is 4.83 Å². The van der Waals surface area contributed by atoms with Crippen molar-refractivity contribution < 1.29 is 9.90 Å². The summed E-state index contributed by atoms with van der Waals surface area (Å²) in [5.41, 5.74) is 5.80. The Morgan fingerprint density at radius 2 is 1.53 bits per heavy atom. The van der Waals surface area contributed by atoms with Crippen molar-refractivity contribution in [2.45, 2.75) is 9.65 Å². The highest BCUT2D eigenvalue weighted by Crippen LogP contribution is 2.48. The van der Waals surface area contributed by atoms with Crippen LogP contribution in [0.5, 0.6) is 0 Å². The van der Waals surface area contributed by atoms with Gasteiger partial charge in [0.1, 0.15) is 0 Å². The van der Waals surface area contributed by atoms with E-state index in [2.05, 4.69) is 44.0 Å². The van der Waals surface area contributed by atoms with Crippen molar-refractivity contribution in [3.05, 3.63) is 48.0 Å². The summed E-state index contributed by atoms with van der Waals surface area (Å²) < 4.78 is 0. The predicted molar refractivity (Wildman–Crippen MR) is 80.3 cm³/mol. The topological polar surface area (TPSA) is 40.1 Å². The number of hydrogen-bond acceptors (Lipinski definition) is 2. The zero-order chi connectivity index (χ0) is 13.6. The number of halogens is 2. The molecule has 2 aromatic carbocycles. The van der Waals surface area contributed by atoms with Crippen LogP contribution in [0.15, 0.2) is 42.5 Å². The van der Waals surface area contributed by atoms with Crippen LogP contribution >= 0.6 is 31.9 Å². The molecule has 0 aromatic heterocycles. The lowest BCUT2D eigenvalue weighted by Gasteiger charge is -2.26. The Hall–Kier alpha value is -1.13. The summed E-state index contributed by atoms with van der Waals surface area (Å²) in [6, 6.07) is 14.2. The molecule has 0 saturated carbocycles. The molecule has 0 fully saturated rings. The van der Waals surface area contributed by atoms with Gasteiger partial charge in [-0.3, -0.25) is 0 Å². The molecule has 2 atom stereocenters. The Bertz CT molecular complexity index is 667. The number of carboxylic acids is 1. The van der Waals surface area contributed by atoms with Gasteiger partial charge >= 0.3 is 0 Å². The van der Waals surface area contributed by atoms with Crippen LogP contribution in [0, 0.1) is 0 Å². The molecule has 0 spiro atoms. The fourth-order valence-electron chi connectivity index (χ4n) is 2.37. The van der Waals surface area contributed by atoms with Crippen molar-refractivity contribution >= 4 is 37.8 Å². The average molecular weight is 381 g/mol. The van der Waals surface area contributed by atoms with Crippen molar-refractivity contribution in [1.82, 2.24) is 0 Å². The zero-order valence-corrected chi connectivity index (χ0v) is 12.9. The highest BCUT2D eigenvalue weighted by molar-refractivity contribution is 9.12. The molecule has 2 unspecified atom stereocenters. The maximum Gasteiger partial charge on any atom is 0.0707 e. The number of rotatable bonds is 3. The number of alkyl halides is 2. The molecule has 0 radical (unpaired) electrons. The number of carboxylic acid groups (broad SMARTS) is 1. The molecule has 19 heavy (non-hydrogen) atoms. The van der Waals surface area contributed by atoms with Gasteiger partial charge in [0, 0.05) is 0 Å². The van der Waals surface area contributed by atoms with Crippen molar-refractivity contribution in [3.63, 3.8) is 0 Å². The number of benzene rings is 2. The number of fused-ring (bicyclic) bond motifs is 4. The first-order valence-electron chi connectivity index (χ1n) is 5.82. The molecule has 4 heteroatoms. The van der Waals surface area contributed by atoms with Crippen LogP contribution in [-0.4, -0.2) is 10.8 Å². The Morgan fingerprint density at radius 3 is 2.16 bits per heavy atom. The summed E-state index contributed by atoms with van der Waals surface area (Å²) in [5, 5.41) is 10.9. The van der Waals surface area contributed by atoms with E-state index in [0.29, 0.717) is 0 Å². The minimum Gasteiger partial charge on any atom is -0.549 e. The summed E-state index contributed by atoms with van der Waals surface area (Å²) in [4.78, 5) is 9.83. The van der Waals surface area contributed by atoms with Crippen LogP contribution in [0.2, 0.25) is 0 Å². The van der Waals surface area contributed by atoms with Gasteiger partial charge in [-0.1, -0.05) is 68.3 Å². The Kier molecular flexibility index (Phi) is 3.23. The fourth-order valence-corrected chi connectivity index (χ4v) is 3.18. The van der Waals surface area contributed by atoms with Crippen molar-refractivity contribution in [2.24, 2.45) is 0 Å². The minimum atomic E-state index is -1.12. The molecule has 0 bridgehead atoms. The third-order valence-corrected chi connectivity index (χ3v) is 6.02. The molecule has 0 aliphatic heterocycles. The van der Waals surface area contributed by atoms with E-state index in [1.807, 2.05) is 30.3 Å². The molecule has 1 aliphatic carbocycles. The summed E-state index contributed by atoms with van der Waals surface area (Å²) in [5.74, 6) is -1.12. The van der Waals surface area contributed by atoms with Gasteiger partial charge in [0.25, 0.3) is 0 Å². The van der Waals surface area contributed by atoms with E-state index in [4.69, 9.17) is 0 Å². The van der Waals surface area contributed by atoms with Crippen molar-refractivity contribution in [2.75, 3.05) is 0 Å². The first kappa shape index (κ1) is 12.9. The molecule has 2 nitrogen and oxygen atoms in total. The molecular weight excluding hydrogens is 372 g/mol. The van der Waals surface area contributed by atoms with E-state index in [0.717, 1.165) is 5.56 Å². The Labute approximate surface area is 127 Å². The van der Waals surface area contributed by atoms with Gasteiger partial charge < -0.3 is 9.90 Å². The van der Waals surface area contributed by atoms with Gasteiger partial charge in [-0.25, -0.2) is 0 Å². The van der Waals surface area contributed by atoms with Gasteiger partial charge in [0.05, 0.1) is 15.6 Å². The van der Waals surface area contributed by atoms with E-state index in [1.54, 1.807) is 0 Å². The van der Waals surface area contributed by atoms with E-state index in [1.165, 1.54) is 22.3 Å². The van der Waals surface area contributed by atoms with E-state index in [9.17, 15) is 9.90 Å². The highest BCUT2D eigenvalue weighted by Gasteiger charge is 2.25. The van der Waals surface area contributed by atoms with Crippen LogP contribution in [-0.2, 0) is 4.79 Å². The van der Waals surface area contributed by atoms with Crippen LogP contribution in [0.4, 0.5) is 0 Å². The van der Waals surface area contributed by atoms with Gasteiger partial charge in [-0.15, -0.1) is 0 Å². The number of carbonyl (C=O) groups excluding carboxylic acids is 1. The molecule has 0 saturated heterocycles. The summed E-state index contributed by atoms with van der Waals surface area (Å²) in [6.45, 7) is 0. The normalized spacial score (nSPS) is 14.8. The summed E-state index contributed by atoms with van der Waals surface area (Å²) in [7, 11) is 0. The number of aliphatic carboxylic acids is 1. The Morgan fingerprint density at radius 1 is 0.947 bits per heavy atom. The smallest absolute Gasteiger partial charge is 0.0707 e. The number of hydrogen-bond donors (Lipinski definition) is 0. The lowest BCUT2D eigenvalue weighted by atomic mass is 9.79.